The molecule has 0 unspecified atom stereocenters. The minimum absolute atomic E-state index is 0.0115. The molecule has 0 aliphatic rings. The van der Waals surface area contributed by atoms with Gasteiger partial charge in [0, 0.05) is 23.8 Å². The predicted octanol–water partition coefficient (Wildman–Crippen LogP) is 5.48. The van der Waals surface area contributed by atoms with Gasteiger partial charge in [0.05, 0.1) is 7.11 Å². The van der Waals surface area contributed by atoms with E-state index < -0.39 is 0 Å². The quantitative estimate of drug-likeness (QED) is 0.496. The number of hydrogen-bond donors (Lipinski definition) is 2. The number of nitrogens with one attached hydrogen (secondary N) is 2. The number of hydrogen-bond acceptors (Lipinski definition) is 4. The van der Waals surface area contributed by atoms with Crippen LogP contribution in [0.25, 0.3) is 0 Å². The lowest BCUT2D eigenvalue weighted by Crippen LogP contribution is -2.17. The summed E-state index contributed by atoms with van der Waals surface area (Å²) in [5.74, 6) is 1.39. The highest BCUT2D eigenvalue weighted by Crippen LogP contribution is 2.29. The van der Waals surface area contributed by atoms with Crippen LogP contribution in [0.2, 0.25) is 0 Å². The molecule has 0 saturated carbocycles. The normalized spacial score (nSPS) is 10.5. The van der Waals surface area contributed by atoms with Gasteiger partial charge in [0.1, 0.15) is 6.61 Å². The molecule has 0 heterocycles. The molecule has 2 N–H and O–H groups in total. The van der Waals surface area contributed by atoms with Crippen LogP contribution >= 0.6 is 0 Å². The number of amides is 1. The SMILES string of the molecule is COc1cc(CNc2ccc(NC(=O)C(C)C)cc2)ccc1OCc1ccccc1. The average molecular weight is 405 g/mol. The van der Waals surface area contributed by atoms with E-state index in [0.29, 0.717) is 18.9 Å². The van der Waals surface area contributed by atoms with E-state index in [2.05, 4.69) is 10.6 Å². The molecule has 30 heavy (non-hydrogen) atoms. The number of ether oxygens (including phenoxy) is 2. The third-order valence-corrected chi connectivity index (χ3v) is 4.64. The molecule has 0 radical (unpaired) electrons. The van der Waals surface area contributed by atoms with Crippen LogP contribution in [0.1, 0.15) is 25.0 Å². The van der Waals surface area contributed by atoms with Gasteiger partial charge >= 0.3 is 0 Å². The minimum Gasteiger partial charge on any atom is -0.493 e. The fourth-order valence-corrected chi connectivity index (χ4v) is 2.84. The van der Waals surface area contributed by atoms with E-state index in [9.17, 15) is 4.79 Å². The van der Waals surface area contributed by atoms with Gasteiger partial charge in [0.25, 0.3) is 0 Å². The molecule has 0 bridgehead atoms. The molecule has 5 nitrogen and oxygen atoms in total. The van der Waals surface area contributed by atoms with Crippen molar-refractivity contribution < 1.29 is 14.3 Å². The van der Waals surface area contributed by atoms with Crippen LogP contribution in [0.3, 0.4) is 0 Å². The van der Waals surface area contributed by atoms with E-state index in [4.69, 9.17) is 9.47 Å². The highest BCUT2D eigenvalue weighted by molar-refractivity contribution is 5.92. The Kier molecular flexibility index (Phi) is 7.33. The maximum Gasteiger partial charge on any atom is 0.226 e. The van der Waals surface area contributed by atoms with Gasteiger partial charge in [-0.2, -0.15) is 0 Å². The molecule has 5 heteroatoms. The maximum atomic E-state index is 11.8. The van der Waals surface area contributed by atoms with Crippen molar-refractivity contribution in [2.45, 2.75) is 27.0 Å². The summed E-state index contributed by atoms with van der Waals surface area (Å²) in [4.78, 5) is 11.8. The van der Waals surface area contributed by atoms with Gasteiger partial charge < -0.3 is 20.1 Å². The van der Waals surface area contributed by atoms with E-state index in [1.807, 2.05) is 86.6 Å². The summed E-state index contributed by atoms with van der Waals surface area (Å²) >= 11 is 0. The van der Waals surface area contributed by atoms with Gasteiger partial charge in [-0.1, -0.05) is 50.2 Å². The molecular formula is C25H28N2O3. The van der Waals surface area contributed by atoms with Crippen molar-refractivity contribution in [3.63, 3.8) is 0 Å². The summed E-state index contributed by atoms with van der Waals surface area (Å²) in [5.41, 5.74) is 3.95. The summed E-state index contributed by atoms with van der Waals surface area (Å²) in [6.07, 6.45) is 0. The molecule has 1 amide bonds. The summed E-state index contributed by atoms with van der Waals surface area (Å²) < 4.78 is 11.4. The lowest BCUT2D eigenvalue weighted by atomic mass is 10.2. The molecule has 0 atom stereocenters. The summed E-state index contributed by atoms with van der Waals surface area (Å²) in [6, 6.07) is 23.7. The van der Waals surface area contributed by atoms with Gasteiger partial charge in [-0.05, 0) is 47.5 Å². The van der Waals surface area contributed by atoms with Crippen molar-refractivity contribution in [3.8, 4) is 11.5 Å². The van der Waals surface area contributed by atoms with E-state index >= 15 is 0 Å². The number of rotatable bonds is 9. The Hall–Kier alpha value is -3.47. The molecule has 0 aliphatic carbocycles. The van der Waals surface area contributed by atoms with Crippen molar-refractivity contribution in [1.82, 2.24) is 0 Å². The zero-order valence-corrected chi connectivity index (χ0v) is 17.6. The molecule has 3 aromatic carbocycles. The van der Waals surface area contributed by atoms with E-state index in [1.165, 1.54) is 0 Å². The third kappa shape index (κ3) is 6.01. The Morgan fingerprint density at radius 2 is 1.57 bits per heavy atom. The predicted molar refractivity (Wildman–Crippen MR) is 121 cm³/mol. The Bertz CT molecular complexity index is 954. The first-order chi connectivity index (χ1) is 14.5. The van der Waals surface area contributed by atoms with Crippen LogP contribution in [0.5, 0.6) is 11.5 Å². The van der Waals surface area contributed by atoms with E-state index in [0.717, 1.165) is 28.3 Å². The Labute approximate surface area is 178 Å². The van der Waals surface area contributed by atoms with Crippen LogP contribution in [-0.2, 0) is 17.9 Å². The Morgan fingerprint density at radius 3 is 2.23 bits per heavy atom. The zero-order valence-electron chi connectivity index (χ0n) is 17.6. The second-order valence-electron chi connectivity index (χ2n) is 7.33. The first-order valence-electron chi connectivity index (χ1n) is 10.0. The van der Waals surface area contributed by atoms with Crippen LogP contribution in [-0.4, -0.2) is 13.0 Å². The molecule has 0 saturated heterocycles. The summed E-state index contributed by atoms with van der Waals surface area (Å²) in [5, 5.41) is 6.27. The highest BCUT2D eigenvalue weighted by atomic mass is 16.5. The first-order valence-corrected chi connectivity index (χ1v) is 10.0. The van der Waals surface area contributed by atoms with Gasteiger partial charge in [-0.25, -0.2) is 0 Å². The number of carbonyl (C=O) groups is 1. The molecule has 0 spiro atoms. The number of anilines is 2. The monoisotopic (exact) mass is 404 g/mol. The lowest BCUT2D eigenvalue weighted by molar-refractivity contribution is -0.118. The molecule has 156 valence electrons. The van der Waals surface area contributed by atoms with Crippen LogP contribution in [0, 0.1) is 5.92 Å². The standard InChI is InChI=1S/C25H28N2O3/c1-18(2)25(28)27-22-12-10-21(11-13-22)26-16-20-9-14-23(24(15-20)29-3)30-17-19-7-5-4-6-8-19/h4-15,18,26H,16-17H2,1-3H3,(H,27,28). The maximum absolute atomic E-state index is 11.8. The van der Waals surface area contributed by atoms with Gasteiger partial charge in [0.15, 0.2) is 11.5 Å². The second kappa shape index (κ2) is 10.3. The smallest absolute Gasteiger partial charge is 0.226 e. The van der Waals surface area contributed by atoms with Crippen LogP contribution in [0.4, 0.5) is 11.4 Å². The van der Waals surface area contributed by atoms with Gasteiger partial charge in [0.2, 0.25) is 5.91 Å². The molecule has 0 aliphatic heterocycles. The van der Waals surface area contributed by atoms with E-state index in [-0.39, 0.29) is 11.8 Å². The molecule has 0 fully saturated rings. The Balaban J connectivity index is 1.57. The fourth-order valence-electron chi connectivity index (χ4n) is 2.84. The van der Waals surface area contributed by atoms with Gasteiger partial charge in [-0.15, -0.1) is 0 Å². The lowest BCUT2D eigenvalue weighted by Gasteiger charge is -2.13. The number of benzene rings is 3. The molecular weight excluding hydrogens is 376 g/mol. The zero-order chi connectivity index (χ0) is 21.3. The molecule has 3 rings (SSSR count). The summed E-state index contributed by atoms with van der Waals surface area (Å²) in [6.45, 7) is 4.89. The van der Waals surface area contributed by atoms with Crippen molar-refractivity contribution in [3.05, 3.63) is 83.9 Å². The first kappa shape index (κ1) is 21.2. The summed E-state index contributed by atoms with van der Waals surface area (Å²) in [7, 11) is 1.64. The number of methoxy groups -OCH3 is 1. The number of carbonyl (C=O) groups excluding carboxylic acids is 1. The van der Waals surface area contributed by atoms with Crippen molar-refractivity contribution in [1.29, 1.82) is 0 Å². The third-order valence-electron chi connectivity index (χ3n) is 4.64. The second-order valence-corrected chi connectivity index (χ2v) is 7.33. The van der Waals surface area contributed by atoms with Crippen LogP contribution < -0.4 is 20.1 Å². The van der Waals surface area contributed by atoms with E-state index in [1.54, 1.807) is 7.11 Å². The molecule has 3 aromatic rings. The average Bonchev–Trinajstić information content (AvgIpc) is 2.78. The highest BCUT2D eigenvalue weighted by Gasteiger charge is 2.08. The van der Waals surface area contributed by atoms with Crippen molar-refractivity contribution in [2.75, 3.05) is 17.7 Å². The van der Waals surface area contributed by atoms with Gasteiger partial charge in [-0.3, -0.25) is 4.79 Å². The van der Waals surface area contributed by atoms with Crippen molar-refractivity contribution >= 4 is 17.3 Å². The Morgan fingerprint density at radius 1 is 0.867 bits per heavy atom. The van der Waals surface area contributed by atoms with Crippen LogP contribution in [0.15, 0.2) is 72.8 Å². The topological polar surface area (TPSA) is 59.6 Å². The molecule has 0 aromatic heterocycles. The fraction of sp³-hybridized carbons (Fsp3) is 0.240. The van der Waals surface area contributed by atoms with Crippen molar-refractivity contribution in [2.24, 2.45) is 5.92 Å². The largest absolute Gasteiger partial charge is 0.493 e. The minimum atomic E-state index is -0.0440.